The van der Waals surface area contributed by atoms with Crippen LogP contribution in [-0.2, 0) is 17.4 Å². The number of urea groups is 1. The average molecular weight is 705 g/mol. The highest BCUT2D eigenvalue weighted by atomic mass is 35.5. The number of rotatable bonds is 7. The summed E-state index contributed by atoms with van der Waals surface area (Å²) in [6, 6.07) is 8.64. The van der Waals surface area contributed by atoms with Gasteiger partial charge in [-0.3, -0.25) is 14.3 Å². The molecule has 4 heterocycles. The number of piperidine rings is 2. The normalized spacial score (nSPS) is 19.7. The molecule has 1 aromatic heterocycles. The van der Waals surface area contributed by atoms with Crippen LogP contribution in [0.3, 0.4) is 0 Å². The molecule has 3 fully saturated rings. The van der Waals surface area contributed by atoms with Gasteiger partial charge >= 0.3 is 17.9 Å². The number of aromatic nitrogens is 2. The molecule has 0 saturated carbocycles. The Bertz CT molecular complexity index is 1700. The van der Waals surface area contributed by atoms with Gasteiger partial charge in [-0.25, -0.2) is 9.59 Å². The molecular weight excluding hydrogens is 661 g/mol. The number of benzene rings is 2. The van der Waals surface area contributed by atoms with Gasteiger partial charge < -0.3 is 30.3 Å². The fraction of sp³-hybridized carbons (Fsp3) is 0.559. The molecule has 0 radical (unpaired) electrons. The quantitative estimate of drug-likeness (QED) is 0.340. The summed E-state index contributed by atoms with van der Waals surface area (Å²) < 4.78 is 43.8. The number of para-hydroxylation sites is 2. The second kappa shape index (κ2) is 14.6. The summed E-state index contributed by atoms with van der Waals surface area (Å²) in [4.78, 5) is 51.4. The number of carbonyl (C=O) groups excluding carboxylic acids is 2. The molecule has 3 aromatic rings. The monoisotopic (exact) mass is 704 g/mol. The number of H-pyrrole nitrogens is 1. The Labute approximate surface area is 288 Å². The Morgan fingerprint density at radius 3 is 2.24 bits per heavy atom. The number of nitrogens with zero attached hydrogens (tertiary/aromatic N) is 5. The highest BCUT2D eigenvalue weighted by Gasteiger charge is 2.37. The number of piperazine rings is 1. The molecular formula is C34H44ClF3N8O3. The van der Waals surface area contributed by atoms with Crippen LogP contribution in [0.25, 0.3) is 11.0 Å². The summed E-state index contributed by atoms with van der Waals surface area (Å²) in [7, 11) is 3.48. The maximum Gasteiger partial charge on any atom is 0.418 e. The SMILES string of the molecule is CNc1c(Cl)cc(C[C@@H](NC(=O)N2CCC(n3c(=O)[nH]c4ccccc43)CC2)C(=O)N2CCN(C3CCN(C)CC3)CC2)cc1C(F)(F)F. The zero-order valence-corrected chi connectivity index (χ0v) is 28.6. The van der Waals surface area contributed by atoms with Crippen LogP contribution in [0.5, 0.6) is 0 Å². The third kappa shape index (κ3) is 7.71. The van der Waals surface area contributed by atoms with Crippen molar-refractivity contribution in [1.29, 1.82) is 0 Å². The number of aromatic amines is 1. The molecule has 3 saturated heterocycles. The lowest BCUT2D eigenvalue weighted by Crippen LogP contribution is -2.59. The van der Waals surface area contributed by atoms with Crippen LogP contribution in [0, 0.1) is 0 Å². The first-order valence-corrected chi connectivity index (χ1v) is 17.3. The van der Waals surface area contributed by atoms with Crippen molar-refractivity contribution in [1.82, 2.24) is 34.5 Å². The summed E-state index contributed by atoms with van der Waals surface area (Å²) in [6.07, 6.45) is -1.64. The predicted molar refractivity (Wildman–Crippen MR) is 183 cm³/mol. The standard InChI is InChI=1S/C34H44ClF3N8O3/c1-39-30-25(34(36,37)38)19-22(20-26(30)35)21-28(31(47)44-17-15-43(16-18-44)23-7-11-42(2)12-8-23)41-32(48)45-13-9-24(10-14-45)46-29-6-4-3-5-27(29)40-33(46)49/h3-6,19-20,23-24,28,39H,7-18,21H2,1-2H3,(H,40,49)(H,41,48)/t28-/m1/s1. The van der Waals surface area contributed by atoms with Gasteiger partial charge in [0.15, 0.2) is 0 Å². The van der Waals surface area contributed by atoms with Crippen molar-refractivity contribution in [2.24, 2.45) is 0 Å². The van der Waals surface area contributed by atoms with Gasteiger partial charge in [-0.2, -0.15) is 13.2 Å². The number of carbonyl (C=O) groups is 2. The molecule has 0 aliphatic carbocycles. The van der Waals surface area contributed by atoms with Crippen LogP contribution in [0.1, 0.15) is 42.9 Å². The maximum atomic E-state index is 14.1. The Balaban J connectivity index is 1.17. The number of anilines is 1. The van der Waals surface area contributed by atoms with Gasteiger partial charge in [0, 0.05) is 64.8 Å². The van der Waals surface area contributed by atoms with Crippen LogP contribution in [0.4, 0.5) is 23.7 Å². The van der Waals surface area contributed by atoms with Crippen molar-refractivity contribution in [2.75, 3.05) is 71.8 Å². The summed E-state index contributed by atoms with van der Waals surface area (Å²) in [6.45, 7) is 5.08. The summed E-state index contributed by atoms with van der Waals surface area (Å²) in [5.74, 6) is -0.334. The van der Waals surface area contributed by atoms with Gasteiger partial charge in [-0.05, 0) is 75.6 Å². The molecule has 3 aliphatic rings. The van der Waals surface area contributed by atoms with Gasteiger partial charge in [-0.1, -0.05) is 23.7 Å². The molecule has 49 heavy (non-hydrogen) atoms. The Hall–Kier alpha value is -3.75. The molecule has 1 atom stereocenters. The van der Waals surface area contributed by atoms with Gasteiger partial charge in [0.05, 0.1) is 27.3 Å². The summed E-state index contributed by atoms with van der Waals surface area (Å²) in [5, 5.41) is 5.28. The summed E-state index contributed by atoms with van der Waals surface area (Å²) >= 11 is 6.29. The lowest BCUT2D eigenvalue weighted by Gasteiger charge is -2.43. The molecule has 3 amide bonds. The van der Waals surface area contributed by atoms with Crippen LogP contribution in [-0.4, -0.2) is 120 Å². The van der Waals surface area contributed by atoms with Crippen molar-refractivity contribution in [3.63, 3.8) is 0 Å². The number of nitrogens with one attached hydrogen (secondary N) is 3. The lowest BCUT2D eigenvalue weighted by molar-refractivity contribution is -0.137. The molecule has 0 unspecified atom stereocenters. The highest BCUT2D eigenvalue weighted by molar-refractivity contribution is 6.33. The topological polar surface area (TPSA) is 109 Å². The zero-order chi connectivity index (χ0) is 34.9. The predicted octanol–water partition coefficient (Wildman–Crippen LogP) is 4.24. The van der Waals surface area contributed by atoms with E-state index in [0.717, 1.165) is 43.0 Å². The van der Waals surface area contributed by atoms with Crippen LogP contribution in [0.2, 0.25) is 5.02 Å². The molecule has 2 aromatic carbocycles. The Morgan fingerprint density at radius 2 is 1.59 bits per heavy atom. The number of hydrogen-bond acceptors (Lipinski definition) is 6. The first-order valence-electron chi connectivity index (χ1n) is 17.0. The third-order valence-corrected chi connectivity index (χ3v) is 10.6. The Kier molecular flexibility index (Phi) is 10.5. The van der Waals surface area contributed by atoms with Crippen molar-refractivity contribution in [3.05, 3.63) is 63.0 Å². The van der Waals surface area contributed by atoms with Gasteiger partial charge in [-0.15, -0.1) is 0 Å². The van der Waals surface area contributed by atoms with E-state index in [1.807, 2.05) is 24.3 Å². The molecule has 3 N–H and O–H groups in total. The van der Waals surface area contributed by atoms with Crippen molar-refractivity contribution in [2.45, 2.75) is 56.4 Å². The first-order chi connectivity index (χ1) is 23.4. The molecule has 3 aliphatic heterocycles. The first kappa shape index (κ1) is 35.1. The van der Waals surface area contributed by atoms with E-state index in [-0.39, 0.29) is 40.3 Å². The Morgan fingerprint density at radius 1 is 0.939 bits per heavy atom. The number of amides is 3. The second-order valence-corrected chi connectivity index (χ2v) is 13.8. The van der Waals surface area contributed by atoms with Crippen molar-refractivity contribution < 1.29 is 22.8 Å². The second-order valence-electron chi connectivity index (χ2n) is 13.4. The minimum Gasteiger partial charge on any atom is -0.386 e. The van der Waals surface area contributed by atoms with E-state index in [0.29, 0.717) is 58.2 Å². The number of hydrogen-bond donors (Lipinski definition) is 3. The van der Waals surface area contributed by atoms with Crippen molar-refractivity contribution >= 4 is 40.3 Å². The van der Waals surface area contributed by atoms with Gasteiger partial charge in [0.1, 0.15) is 6.04 Å². The van der Waals surface area contributed by atoms with Gasteiger partial charge in [0.2, 0.25) is 5.91 Å². The fourth-order valence-corrected chi connectivity index (χ4v) is 7.92. The molecule has 11 nitrogen and oxygen atoms in total. The zero-order valence-electron chi connectivity index (χ0n) is 27.9. The number of likely N-dealkylation sites (tertiary alicyclic amines) is 2. The molecule has 266 valence electrons. The summed E-state index contributed by atoms with van der Waals surface area (Å²) in [5.41, 5.74) is 0.364. The van der Waals surface area contributed by atoms with Crippen LogP contribution < -0.4 is 16.3 Å². The van der Waals surface area contributed by atoms with E-state index in [2.05, 4.69) is 32.5 Å². The van der Waals surface area contributed by atoms with Gasteiger partial charge in [0.25, 0.3) is 0 Å². The third-order valence-electron chi connectivity index (χ3n) is 10.3. The largest absolute Gasteiger partial charge is 0.418 e. The minimum absolute atomic E-state index is 0.111. The lowest BCUT2D eigenvalue weighted by atomic mass is 9.99. The number of halogens is 4. The number of imidazole rings is 1. The minimum atomic E-state index is -4.68. The van der Waals surface area contributed by atoms with Crippen LogP contribution >= 0.6 is 11.6 Å². The van der Waals surface area contributed by atoms with Crippen LogP contribution in [0.15, 0.2) is 41.2 Å². The highest BCUT2D eigenvalue weighted by Crippen LogP contribution is 2.39. The van der Waals surface area contributed by atoms with E-state index in [1.165, 1.54) is 13.1 Å². The molecule has 0 bridgehead atoms. The van der Waals surface area contributed by atoms with E-state index >= 15 is 0 Å². The molecule has 15 heteroatoms. The van der Waals surface area contributed by atoms with E-state index in [1.54, 1.807) is 14.4 Å². The van der Waals surface area contributed by atoms with E-state index in [9.17, 15) is 27.6 Å². The fourth-order valence-electron chi connectivity index (χ4n) is 7.59. The smallest absolute Gasteiger partial charge is 0.386 e. The van der Waals surface area contributed by atoms with E-state index < -0.39 is 23.8 Å². The van der Waals surface area contributed by atoms with Crippen molar-refractivity contribution in [3.8, 4) is 0 Å². The molecule has 0 spiro atoms. The van der Waals surface area contributed by atoms with E-state index in [4.69, 9.17) is 11.6 Å². The maximum absolute atomic E-state index is 14.1. The average Bonchev–Trinajstić information content (AvgIpc) is 3.43. The number of alkyl halides is 3. The molecule has 6 rings (SSSR count). The number of fused-ring (bicyclic) bond motifs is 1.